The van der Waals surface area contributed by atoms with E-state index in [0.29, 0.717) is 11.5 Å². The number of rotatable bonds is 5. The Morgan fingerprint density at radius 1 is 0.517 bits per heavy atom. The average molecular weight is 956 g/mol. The second-order valence-electron chi connectivity index (χ2n) is 16.0. The van der Waals surface area contributed by atoms with Crippen LogP contribution >= 0.6 is 0 Å². The third-order valence-electron chi connectivity index (χ3n) is 12.2. The van der Waals surface area contributed by atoms with Gasteiger partial charge in [0.25, 0.3) is 0 Å². The third kappa shape index (κ3) is 5.71. The molecule has 0 aliphatic heterocycles. The molecule has 0 fully saturated rings. The van der Waals surface area contributed by atoms with Crippen molar-refractivity contribution in [1.82, 2.24) is 18.8 Å². The van der Waals surface area contributed by atoms with Crippen LogP contribution in [0.15, 0.2) is 134 Å². The Bertz CT molecular complexity index is 3500. The summed E-state index contributed by atoms with van der Waals surface area (Å²) >= 11 is 0. The third-order valence-corrected chi connectivity index (χ3v) is 12.2. The van der Waals surface area contributed by atoms with Crippen LogP contribution in [-0.2, 0) is 21.1 Å². The smallest absolute Gasteiger partial charge is 0.497 e. The molecule has 0 aliphatic rings. The number of aryl methyl sites for hydroxylation is 6. The molecule has 0 atom stereocenters. The van der Waals surface area contributed by atoms with E-state index in [-0.39, 0.29) is 21.1 Å². The zero-order valence-electron chi connectivity index (χ0n) is 34.2. The first-order chi connectivity index (χ1) is 28.7. The molecule has 0 spiro atoms. The first-order valence-corrected chi connectivity index (χ1v) is 20.2. The van der Waals surface area contributed by atoms with Crippen molar-refractivity contribution in [2.45, 2.75) is 41.5 Å². The van der Waals surface area contributed by atoms with Crippen molar-refractivity contribution in [3.8, 4) is 45.0 Å². The van der Waals surface area contributed by atoms with Gasteiger partial charge in [-0.2, -0.15) is 0 Å². The number of fused-ring (bicyclic) bond motifs is 12. The molecule has 11 rings (SSSR count). The molecule has 6 heteroatoms. The Morgan fingerprint density at radius 3 is 1.73 bits per heavy atom. The molecule has 60 heavy (non-hydrogen) atoms. The Balaban J connectivity index is 0.00000433. The van der Waals surface area contributed by atoms with Gasteiger partial charge in [-0.15, -0.1) is 12.1 Å². The summed E-state index contributed by atoms with van der Waals surface area (Å²) in [5.74, 6) is 1.19. The van der Waals surface area contributed by atoms with Crippen LogP contribution in [0.1, 0.15) is 33.4 Å². The number of aromatic nitrogens is 4. The van der Waals surface area contributed by atoms with Crippen molar-refractivity contribution in [1.29, 1.82) is 0 Å². The summed E-state index contributed by atoms with van der Waals surface area (Å²) in [7, 11) is 0. The number of hydrogen-bond acceptors (Lipinski definition) is 3. The van der Waals surface area contributed by atoms with Crippen LogP contribution in [0.5, 0.6) is 11.5 Å². The van der Waals surface area contributed by atoms with E-state index in [9.17, 15) is 0 Å². The molecule has 0 saturated carbocycles. The summed E-state index contributed by atoms with van der Waals surface area (Å²) < 4.78 is 11.2. The molecule has 0 saturated heterocycles. The van der Waals surface area contributed by atoms with Crippen LogP contribution in [-0.4, -0.2) is 18.8 Å². The van der Waals surface area contributed by atoms with Gasteiger partial charge in [0, 0.05) is 52.2 Å². The largest absolute Gasteiger partial charge is 2.00 e. The molecule has 292 valence electrons. The van der Waals surface area contributed by atoms with Crippen LogP contribution in [0.3, 0.4) is 0 Å². The topological polar surface area (TPSA) is 43.8 Å². The van der Waals surface area contributed by atoms with Gasteiger partial charge in [-0.3, -0.25) is 9.97 Å². The molecule has 4 heterocycles. The van der Waals surface area contributed by atoms with E-state index in [4.69, 9.17) is 14.7 Å². The second-order valence-corrected chi connectivity index (χ2v) is 16.0. The average Bonchev–Trinajstić information content (AvgIpc) is 3.90. The first-order valence-electron chi connectivity index (χ1n) is 20.2. The molecule has 7 aromatic carbocycles. The van der Waals surface area contributed by atoms with E-state index >= 15 is 0 Å². The first kappa shape index (κ1) is 37.7. The Morgan fingerprint density at radius 2 is 1.08 bits per heavy atom. The Kier molecular flexibility index (Phi) is 9.00. The van der Waals surface area contributed by atoms with E-state index < -0.39 is 0 Å². The molecule has 0 N–H and O–H groups in total. The van der Waals surface area contributed by atoms with Crippen molar-refractivity contribution in [3.05, 3.63) is 179 Å². The number of para-hydroxylation sites is 1. The number of nitrogens with zero attached hydrogens (tertiary/aromatic N) is 4. The normalized spacial score (nSPS) is 11.7. The van der Waals surface area contributed by atoms with Gasteiger partial charge >= 0.3 is 21.1 Å². The molecule has 0 bridgehead atoms. The van der Waals surface area contributed by atoms with Crippen molar-refractivity contribution >= 4 is 54.6 Å². The maximum Gasteiger partial charge on any atom is 2.00 e. The van der Waals surface area contributed by atoms with E-state index in [1.165, 1.54) is 61.2 Å². The van der Waals surface area contributed by atoms with Crippen molar-refractivity contribution in [2.24, 2.45) is 0 Å². The number of benzene rings is 7. The fourth-order valence-corrected chi connectivity index (χ4v) is 9.66. The fraction of sp³-hybridized carbons (Fsp3) is 0.111. The van der Waals surface area contributed by atoms with Gasteiger partial charge in [-0.25, -0.2) is 0 Å². The zero-order chi connectivity index (χ0) is 40.1. The minimum atomic E-state index is 0. The molecule has 11 aromatic rings. The summed E-state index contributed by atoms with van der Waals surface area (Å²) in [4.78, 5) is 9.97. The Hall–Kier alpha value is -6.55. The van der Waals surface area contributed by atoms with E-state index in [2.05, 4.69) is 172 Å². The maximum atomic E-state index is 6.69. The molecular formula is C54H40N4OPt. The van der Waals surface area contributed by atoms with Crippen LogP contribution in [0.25, 0.3) is 88.2 Å². The van der Waals surface area contributed by atoms with Gasteiger partial charge in [0.2, 0.25) is 0 Å². The standard InChI is InChI=1S/C54H40N4O.Pt/c1-31-12-9-13-32(2)49(31)37-26-43-41-23-21-38(28-44(41)53-55-24-25-57(53)52(43)46(27-37)50-33(3)14-10-15-34(50)4)59-39-20-22-40-42-18-7-8-19-47(42)58-48(30-56-54(58)45(40)29-39)51-35(5)16-11-17-36(51)6;/h7-27,30H,1-6H3;/q-2;+2. The predicted molar refractivity (Wildman–Crippen MR) is 243 cm³/mol. The molecule has 0 aliphatic carbocycles. The summed E-state index contributed by atoms with van der Waals surface area (Å²) in [6.45, 7) is 13.1. The SMILES string of the molecule is Cc1cccc(C)c1-c1cc(-c2c(C)cccc2C)c2c(c1)c1ccc(Oc3[c-]c4c(cc3)c3ccccc3n3c(-c5c(C)cccc5C)cnc43)[c-]c1c1nccn12.[Pt+2]. The summed E-state index contributed by atoms with van der Waals surface area (Å²) in [6, 6.07) is 48.4. The monoisotopic (exact) mass is 955 g/mol. The fourth-order valence-electron chi connectivity index (χ4n) is 9.66. The number of pyridine rings is 2. The zero-order valence-corrected chi connectivity index (χ0v) is 36.5. The van der Waals surface area contributed by atoms with Crippen LogP contribution in [0.4, 0.5) is 0 Å². The van der Waals surface area contributed by atoms with Gasteiger partial charge in [-0.1, -0.05) is 125 Å². The van der Waals surface area contributed by atoms with Gasteiger partial charge in [-0.05, 0) is 115 Å². The second kappa shape index (κ2) is 14.3. The van der Waals surface area contributed by atoms with Crippen LogP contribution < -0.4 is 4.74 Å². The quantitative estimate of drug-likeness (QED) is 0.128. The number of ether oxygens (including phenoxy) is 1. The molecule has 0 radical (unpaired) electrons. The van der Waals surface area contributed by atoms with E-state index in [1.807, 2.05) is 24.5 Å². The van der Waals surface area contributed by atoms with Crippen LogP contribution in [0.2, 0.25) is 0 Å². The minimum Gasteiger partial charge on any atom is -0.497 e. The molecule has 4 aromatic heterocycles. The van der Waals surface area contributed by atoms with Crippen molar-refractivity contribution in [3.63, 3.8) is 0 Å². The summed E-state index contributed by atoms with van der Waals surface area (Å²) in [5, 5.41) is 6.21. The molecular weight excluding hydrogens is 916 g/mol. The van der Waals surface area contributed by atoms with Crippen LogP contribution in [0, 0.1) is 53.7 Å². The maximum absolute atomic E-state index is 6.69. The van der Waals surface area contributed by atoms with E-state index in [1.54, 1.807) is 0 Å². The number of hydrogen-bond donors (Lipinski definition) is 0. The summed E-state index contributed by atoms with van der Waals surface area (Å²) in [5.41, 5.74) is 18.5. The van der Waals surface area contributed by atoms with Crippen molar-refractivity contribution < 1.29 is 25.8 Å². The molecule has 0 unspecified atom stereocenters. The molecule has 0 amide bonds. The van der Waals surface area contributed by atoms with E-state index in [0.717, 1.165) is 60.3 Å². The Labute approximate surface area is 363 Å². The molecule has 5 nitrogen and oxygen atoms in total. The number of imidazole rings is 2. The van der Waals surface area contributed by atoms with Crippen molar-refractivity contribution in [2.75, 3.05) is 0 Å². The van der Waals surface area contributed by atoms with Gasteiger partial charge in [0.15, 0.2) is 0 Å². The predicted octanol–water partition coefficient (Wildman–Crippen LogP) is 13.8. The van der Waals surface area contributed by atoms with Gasteiger partial charge < -0.3 is 13.5 Å². The minimum absolute atomic E-state index is 0. The van der Waals surface area contributed by atoms with Gasteiger partial charge in [0.05, 0.1) is 17.0 Å². The summed E-state index contributed by atoms with van der Waals surface area (Å²) in [6.07, 6.45) is 5.94. The van der Waals surface area contributed by atoms with Gasteiger partial charge in [0.1, 0.15) is 0 Å².